The molecule has 0 unspecified atom stereocenters. The van der Waals surface area contributed by atoms with Crippen LogP contribution in [-0.4, -0.2) is 46.3 Å². The zero-order chi connectivity index (χ0) is 20.1. The Morgan fingerprint density at radius 2 is 1.89 bits per heavy atom. The highest BCUT2D eigenvalue weighted by Gasteiger charge is 2.25. The van der Waals surface area contributed by atoms with Gasteiger partial charge in [-0.1, -0.05) is 13.8 Å². The van der Waals surface area contributed by atoms with Crippen LogP contribution >= 0.6 is 23.1 Å². The fourth-order valence-electron chi connectivity index (χ4n) is 3.43. The van der Waals surface area contributed by atoms with Crippen LogP contribution in [0.1, 0.15) is 20.3 Å². The van der Waals surface area contributed by atoms with Crippen molar-refractivity contribution in [1.82, 2.24) is 9.88 Å². The Bertz CT molecular complexity index is 815. The molecule has 1 N–H and O–H groups in total. The van der Waals surface area contributed by atoms with Crippen LogP contribution in [0.3, 0.4) is 0 Å². The van der Waals surface area contributed by atoms with Gasteiger partial charge in [-0.15, -0.1) is 23.1 Å². The molecule has 2 amide bonds. The first-order valence-electron chi connectivity index (χ1n) is 9.27. The molecular weight excluding hydrogens is 397 g/mol. The Morgan fingerprint density at radius 1 is 1.21 bits per heavy atom. The van der Waals surface area contributed by atoms with Gasteiger partial charge in [-0.2, -0.15) is 0 Å². The summed E-state index contributed by atoms with van der Waals surface area (Å²) in [5.41, 5.74) is 1.49. The first-order valence-corrected chi connectivity index (χ1v) is 11.3. The minimum absolute atomic E-state index is 0.101. The number of nitrogens with one attached hydrogen (secondary N) is 1. The van der Waals surface area contributed by atoms with E-state index in [4.69, 9.17) is 0 Å². The first-order chi connectivity index (χ1) is 13.4. The highest BCUT2D eigenvalue weighted by atomic mass is 32.2. The number of amides is 2. The van der Waals surface area contributed by atoms with E-state index in [1.807, 2.05) is 10.3 Å². The lowest BCUT2D eigenvalue weighted by molar-refractivity contribution is -0.130. The molecule has 28 heavy (non-hydrogen) atoms. The number of thioether (sulfide) groups is 1. The molecule has 0 saturated carbocycles. The summed E-state index contributed by atoms with van der Waals surface area (Å²) in [5.74, 6) is 1.19. The van der Waals surface area contributed by atoms with Gasteiger partial charge in [-0.05, 0) is 42.5 Å². The quantitative estimate of drug-likeness (QED) is 0.762. The second-order valence-electron chi connectivity index (χ2n) is 7.33. The lowest BCUT2D eigenvalue weighted by Crippen LogP contribution is -2.43. The van der Waals surface area contributed by atoms with Crippen LogP contribution < -0.4 is 5.32 Å². The van der Waals surface area contributed by atoms with E-state index in [9.17, 15) is 14.0 Å². The van der Waals surface area contributed by atoms with Crippen LogP contribution in [0.15, 0.2) is 29.6 Å². The van der Waals surface area contributed by atoms with E-state index >= 15 is 0 Å². The maximum atomic E-state index is 13.0. The second-order valence-corrected chi connectivity index (χ2v) is 9.17. The van der Waals surface area contributed by atoms with Crippen LogP contribution in [0.5, 0.6) is 0 Å². The molecule has 1 aliphatic heterocycles. The number of hydrogen-bond donors (Lipinski definition) is 1. The van der Waals surface area contributed by atoms with Gasteiger partial charge in [0.2, 0.25) is 11.8 Å². The maximum Gasteiger partial charge on any atom is 0.236 e. The third-order valence-electron chi connectivity index (χ3n) is 4.57. The molecule has 1 aromatic carbocycles. The van der Waals surface area contributed by atoms with Gasteiger partial charge in [0.25, 0.3) is 0 Å². The van der Waals surface area contributed by atoms with Gasteiger partial charge in [0.1, 0.15) is 5.82 Å². The monoisotopic (exact) mass is 421 g/mol. The number of hydrogen-bond acceptors (Lipinski definition) is 5. The molecule has 3 rings (SSSR count). The Kier molecular flexibility index (Phi) is 7.07. The van der Waals surface area contributed by atoms with Crippen molar-refractivity contribution < 1.29 is 14.0 Å². The Hall–Kier alpha value is -1.93. The highest BCUT2D eigenvalue weighted by molar-refractivity contribution is 8.00. The molecule has 1 aliphatic rings. The molecule has 0 radical (unpaired) electrons. The molecule has 5 nitrogen and oxygen atoms in total. The summed E-state index contributed by atoms with van der Waals surface area (Å²) in [5, 5.41) is 5.07. The Morgan fingerprint density at radius 3 is 2.57 bits per heavy atom. The zero-order valence-corrected chi connectivity index (χ0v) is 17.6. The van der Waals surface area contributed by atoms with Crippen molar-refractivity contribution in [3.05, 3.63) is 35.5 Å². The highest BCUT2D eigenvalue weighted by Crippen LogP contribution is 2.25. The summed E-state index contributed by atoms with van der Waals surface area (Å²) >= 11 is 2.64. The SMILES string of the molecule is C[C@H]1C[C@H](C)CN(C(=O)CSCC(=O)Nc2nc(-c3ccc(F)cc3)cs2)C1. The molecule has 2 atom stereocenters. The van der Waals surface area contributed by atoms with E-state index in [0.717, 1.165) is 25.1 Å². The lowest BCUT2D eigenvalue weighted by atomic mass is 9.92. The molecule has 2 aromatic rings. The topological polar surface area (TPSA) is 62.3 Å². The number of aromatic nitrogens is 1. The Balaban J connectivity index is 1.43. The largest absolute Gasteiger partial charge is 0.341 e. The standard InChI is InChI=1S/C20H24FN3O2S2/c1-13-7-14(2)9-24(8-13)19(26)12-27-11-18(25)23-20-22-17(10-28-20)15-3-5-16(21)6-4-15/h3-6,10,13-14H,7-9,11-12H2,1-2H3,(H,22,23,25)/t13-,14-/m0/s1. The van der Waals surface area contributed by atoms with E-state index < -0.39 is 0 Å². The van der Waals surface area contributed by atoms with E-state index in [1.165, 1.54) is 35.2 Å². The number of piperidine rings is 1. The van der Waals surface area contributed by atoms with Gasteiger partial charge in [0, 0.05) is 24.0 Å². The molecule has 0 bridgehead atoms. The number of anilines is 1. The summed E-state index contributed by atoms with van der Waals surface area (Å²) in [6.45, 7) is 5.96. The predicted molar refractivity (Wildman–Crippen MR) is 113 cm³/mol. The van der Waals surface area contributed by atoms with E-state index in [-0.39, 0.29) is 23.4 Å². The van der Waals surface area contributed by atoms with E-state index in [0.29, 0.717) is 28.4 Å². The summed E-state index contributed by atoms with van der Waals surface area (Å²) in [7, 11) is 0. The smallest absolute Gasteiger partial charge is 0.236 e. The van der Waals surface area contributed by atoms with E-state index in [2.05, 4.69) is 24.1 Å². The molecule has 1 aromatic heterocycles. The van der Waals surface area contributed by atoms with Crippen molar-refractivity contribution in [3.63, 3.8) is 0 Å². The number of nitrogens with zero attached hydrogens (tertiary/aromatic N) is 2. The van der Waals surface area contributed by atoms with Crippen molar-refractivity contribution in [1.29, 1.82) is 0 Å². The molecule has 0 spiro atoms. The number of halogens is 1. The minimum Gasteiger partial charge on any atom is -0.341 e. The van der Waals surface area contributed by atoms with Gasteiger partial charge < -0.3 is 10.2 Å². The number of carbonyl (C=O) groups is 2. The normalized spacial score (nSPS) is 19.5. The van der Waals surface area contributed by atoms with Crippen LogP contribution in [0.4, 0.5) is 9.52 Å². The number of rotatable bonds is 6. The average Bonchev–Trinajstić information content (AvgIpc) is 3.09. The summed E-state index contributed by atoms with van der Waals surface area (Å²) in [4.78, 5) is 30.8. The van der Waals surface area contributed by atoms with Gasteiger partial charge in [-0.3, -0.25) is 9.59 Å². The molecule has 2 heterocycles. The van der Waals surface area contributed by atoms with Crippen molar-refractivity contribution >= 4 is 40.0 Å². The molecular formula is C20H24FN3O2S2. The summed E-state index contributed by atoms with van der Waals surface area (Å²) in [6.07, 6.45) is 1.16. The van der Waals surface area contributed by atoms with Crippen LogP contribution in [0.2, 0.25) is 0 Å². The van der Waals surface area contributed by atoms with Crippen molar-refractivity contribution in [3.8, 4) is 11.3 Å². The number of likely N-dealkylation sites (tertiary alicyclic amines) is 1. The molecule has 0 aliphatic carbocycles. The fraction of sp³-hybridized carbons (Fsp3) is 0.450. The van der Waals surface area contributed by atoms with Gasteiger partial charge in [-0.25, -0.2) is 9.37 Å². The van der Waals surface area contributed by atoms with Gasteiger partial charge in [0.05, 0.1) is 17.2 Å². The molecule has 8 heteroatoms. The summed E-state index contributed by atoms with van der Waals surface area (Å²) in [6, 6.07) is 6.06. The predicted octanol–water partition coefficient (Wildman–Crippen LogP) is 4.13. The maximum absolute atomic E-state index is 13.0. The third-order valence-corrected chi connectivity index (χ3v) is 6.25. The number of benzene rings is 1. The lowest BCUT2D eigenvalue weighted by Gasteiger charge is -2.35. The van der Waals surface area contributed by atoms with Crippen molar-refractivity contribution in [2.24, 2.45) is 11.8 Å². The Labute approximate surface area is 172 Å². The average molecular weight is 422 g/mol. The molecule has 1 saturated heterocycles. The second kappa shape index (κ2) is 9.52. The van der Waals surface area contributed by atoms with Gasteiger partial charge in [0.15, 0.2) is 5.13 Å². The molecule has 150 valence electrons. The van der Waals surface area contributed by atoms with Crippen LogP contribution in [0.25, 0.3) is 11.3 Å². The molecule has 1 fully saturated rings. The fourth-order valence-corrected chi connectivity index (χ4v) is 4.88. The number of thiazole rings is 1. The minimum atomic E-state index is -0.299. The van der Waals surface area contributed by atoms with Crippen LogP contribution in [-0.2, 0) is 9.59 Å². The number of carbonyl (C=O) groups excluding carboxylic acids is 2. The summed E-state index contributed by atoms with van der Waals surface area (Å²) < 4.78 is 13.0. The zero-order valence-electron chi connectivity index (χ0n) is 16.0. The van der Waals surface area contributed by atoms with Gasteiger partial charge >= 0.3 is 0 Å². The van der Waals surface area contributed by atoms with Crippen molar-refractivity contribution in [2.75, 3.05) is 29.9 Å². The van der Waals surface area contributed by atoms with Crippen molar-refractivity contribution in [2.45, 2.75) is 20.3 Å². The first kappa shape index (κ1) is 20.8. The van der Waals surface area contributed by atoms with E-state index in [1.54, 1.807) is 12.1 Å². The van der Waals surface area contributed by atoms with Crippen LogP contribution in [0, 0.1) is 17.7 Å². The third kappa shape index (κ3) is 5.78.